The van der Waals surface area contributed by atoms with Gasteiger partial charge in [0.1, 0.15) is 17.5 Å². The van der Waals surface area contributed by atoms with Crippen LogP contribution in [0.1, 0.15) is 21.5 Å². The number of benzene rings is 2. The molecule has 0 aliphatic carbocycles. The first-order valence-electron chi connectivity index (χ1n) is 8.23. The summed E-state index contributed by atoms with van der Waals surface area (Å²) in [5, 5.41) is 13.1. The van der Waals surface area contributed by atoms with Crippen molar-refractivity contribution < 1.29 is 4.79 Å². The first-order valence-corrected chi connectivity index (χ1v) is 8.23. The van der Waals surface area contributed by atoms with Gasteiger partial charge >= 0.3 is 0 Å². The zero-order valence-corrected chi connectivity index (χ0v) is 14.5. The maximum atomic E-state index is 12.6. The molecule has 0 aliphatic rings. The van der Waals surface area contributed by atoms with Crippen molar-refractivity contribution in [3.05, 3.63) is 77.5 Å². The number of carbonyl (C=O) groups is 1. The van der Waals surface area contributed by atoms with Crippen LogP contribution in [0.3, 0.4) is 0 Å². The fraction of sp³-hybridized carbons (Fsp3) is 0.150. The van der Waals surface area contributed by atoms with Crippen LogP contribution < -0.4 is 5.73 Å². The molecule has 0 radical (unpaired) electrons. The SMILES string of the molecule is CN(CCc1ccccc1)C(=O)c1ccc(-n2ncc(C#N)c2N)cc1. The number of likely N-dealkylation sites (N-methyl/N-ethyl adjacent to an activating group) is 1. The van der Waals surface area contributed by atoms with Crippen LogP contribution in [0, 0.1) is 11.3 Å². The van der Waals surface area contributed by atoms with Gasteiger partial charge in [0.2, 0.25) is 0 Å². The van der Waals surface area contributed by atoms with Gasteiger partial charge in [0.25, 0.3) is 5.91 Å². The van der Waals surface area contributed by atoms with E-state index in [0.717, 1.165) is 6.42 Å². The first-order chi connectivity index (χ1) is 12.6. The number of nitrogen functional groups attached to an aromatic ring is 1. The van der Waals surface area contributed by atoms with Crippen molar-refractivity contribution in [2.75, 3.05) is 19.3 Å². The van der Waals surface area contributed by atoms with E-state index >= 15 is 0 Å². The van der Waals surface area contributed by atoms with Crippen molar-refractivity contribution in [3.63, 3.8) is 0 Å². The van der Waals surface area contributed by atoms with Gasteiger partial charge in [-0.25, -0.2) is 4.68 Å². The van der Waals surface area contributed by atoms with Crippen LogP contribution in [0.5, 0.6) is 0 Å². The number of nitrogens with two attached hydrogens (primary N) is 1. The Kier molecular flexibility index (Phi) is 4.99. The predicted molar refractivity (Wildman–Crippen MR) is 99.8 cm³/mol. The third kappa shape index (κ3) is 3.57. The molecule has 26 heavy (non-hydrogen) atoms. The van der Waals surface area contributed by atoms with Gasteiger partial charge in [-0.15, -0.1) is 0 Å². The topological polar surface area (TPSA) is 87.9 Å². The molecule has 2 N–H and O–H groups in total. The maximum Gasteiger partial charge on any atom is 0.253 e. The molecule has 130 valence electrons. The van der Waals surface area contributed by atoms with Crippen LogP contribution in [0.15, 0.2) is 60.8 Å². The summed E-state index contributed by atoms with van der Waals surface area (Å²) < 4.78 is 1.48. The summed E-state index contributed by atoms with van der Waals surface area (Å²) in [6, 6.07) is 19.1. The molecule has 3 aromatic rings. The third-order valence-corrected chi connectivity index (χ3v) is 4.21. The summed E-state index contributed by atoms with van der Waals surface area (Å²) in [6.07, 6.45) is 2.23. The van der Waals surface area contributed by atoms with Gasteiger partial charge in [0.05, 0.1) is 11.9 Å². The van der Waals surface area contributed by atoms with Gasteiger partial charge in [-0.3, -0.25) is 4.79 Å². The number of nitriles is 1. The Labute approximate surface area is 152 Å². The van der Waals surface area contributed by atoms with Crippen molar-refractivity contribution in [1.82, 2.24) is 14.7 Å². The Morgan fingerprint density at radius 3 is 2.50 bits per heavy atom. The summed E-state index contributed by atoms with van der Waals surface area (Å²) in [5.74, 6) is 0.241. The van der Waals surface area contributed by atoms with E-state index in [-0.39, 0.29) is 11.7 Å². The van der Waals surface area contributed by atoms with Gasteiger partial charge in [0, 0.05) is 19.2 Å². The van der Waals surface area contributed by atoms with Gasteiger partial charge in [-0.05, 0) is 36.2 Å². The Balaban J connectivity index is 1.68. The van der Waals surface area contributed by atoms with Gasteiger partial charge in [-0.2, -0.15) is 10.4 Å². The van der Waals surface area contributed by atoms with Crippen molar-refractivity contribution in [2.24, 2.45) is 0 Å². The summed E-state index contributed by atoms with van der Waals surface area (Å²) in [4.78, 5) is 14.3. The molecular weight excluding hydrogens is 326 g/mol. The van der Waals surface area contributed by atoms with Crippen LogP contribution in [0.2, 0.25) is 0 Å². The zero-order valence-electron chi connectivity index (χ0n) is 14.5. The average Bonchev–Trinajstić information content (AvgIpc) is 3.07. The molecule has 0 atom stereocenters. The minimum Gasteiger partial charge on any atom is -0.382 e. The Hall–Kier alpha value is -3.59. The molecule has 0 aliphatic heterocycles. The van der Waals surface area contributed by atoms with E-state index in [1.807, 2.05) is 24.3 Å². The molecule has 0 bridgehead atoms. The molecule has 6 heteroatoms. The van der Waals surface area contributed by atoms with E-state index < -0.39 is 0 Å². The largest absolute Gasteiger partial charge is 0.382 e. The summed E-state index contributed by atoms with van der Waals surface area (Å²) in [7, 11) is 1.80. The minimum absolute atomic E-state index is 0.0429. The second-order valence-corrected chi connectivity index (χ2v) is 5.98. The van der Waals surface area contributed by atoms with Crippen LogP contribution in [-0.4, -0.2) is 34.2 Å². The molecule has 3 rings (SSSR count). The smallest absolute Gasteiger partial charge is 0.253 e. The van der Waals surface area contributed by atoms with Crippen molar-refractivity contribution in [3.8, 4) is 11.8 Å². The Morgan fingerprint density at radius 2 is 1.88 bits per heavy atom. The molecule has 1 aromatic heterocycles. The molecule has 0 saturated carbocycles. The van der Waals surface area contributed by atoms with E-state index in [9.17, 15) is 4.79 Å². The summed E-state index contributed by atoms with van der Waals surface area (Å²) >= 11 is 0. The number of carbonyl (C=O) groups excluding carboxylic acids is 1. The second kappa shape index (κ2) is 7.53. The molecule has 1 amide bonds. The quantitative estimate of drug-likeness (QED) is 0.770. The third-order valence-electron chi connectivity index (χ3n) is 4.21. The molecular formula is C20H19N5O. The minimum atomic E-state index is -0.0429. The molecule has 0 spiro atoms. The van der Waals surface area contributed by atoms with E-state index in [1.165, 1.54) is 16.4 Å². The molecule has 0 saturated heterocycles. The second-order valence-electron chi connectivity index (χ2n) is 5.98. The lowest BCUT2D eigenvalue weighted by atomic mass is 10.1. The highest BCUT2D eigenvalue weighted by atomic mass is 16.2. The summed E-state index contributed by atoms with van der Waals surface area (Å²) in [6.45, 7) is 0.641. The highest BCUT2D eigenvalue weighted by Gasteiger charge is 2.13. The molecule has 1 heterocycles. The van der Waals surface area contributed by atoms with Crippen LogP contribution >= 0.6 is 0 Å². The number of hydrogen-bond donors (Lipinski definition) is 1. The number of rotatable bonds is 5. The normalized spacial score (nSPS) is 10.3. The van der Waals surface area contributed by atoms with Gasteiger partial charge in [-0.1, -0.05) is 30.3 Å². The lowest BCUT2D eigenvalue weighted by Gasteiger charge is -2.17. The average molecular weight is 345 g/mol. The Bertz CT molecular complexity index is 939. The standard InChI is InChI=1S/C20H19N5O/c1-24(12-11-15-5-3-2-4-6-15)20(26)16-7-9-18(10-8-16)25-19(22)17(13-21)14-23-25/h2-10,14H,11-12,22H2,1H3. The van der Waals surface area contributed by atoms with Crippen molar-refractivity contribution in [2.45, 2.75) is 6.42 Å². The van der Waals surface area contributed by atoms with E-state index in [2.05, 4.69) is 17.2 Å². The molecule has 0 unspecified atom stereocenters. The zero-order chi connectivity index (χ0) is 18.5. The predicted octanol–water partition coefficient (Wildman–Crippen LogP) is 2.64. The van der Waals surface area contributed by atoms with Crippen molar-refractivity contribution in [1.29, 1.82) is 5.26 Å². The highest BCUT2D eigenvalue weighted by molar-refractivity contribution is 5.94. The van der Waals surface area contributed by atoms with Crippen LogP contribution in [-0.2, 0) is 6.42 Å². The van der Waals surface area contributed by atoms with Gasteiger partial charge in [0.15, 0.2) is 0 Å². The maximum absolute atomic E-state index is 12.6. The van der Waals surface area contributed by atoms with E-state index in [4.69, 9.17) is 11.0 Å². The number of amides is 1. The monoisotopic (exact) mass is 345 g/mol. The number of aromatic nitrogens is 2. The molecule has 6 nitrogen and oxygen atoms in total. The van der Waals surface area contributed by atoms with E-state index in [1.54, 1.807) is 36.2 Å². The van der Waals surface area contributed by atoms with Crippen LogP contribution in [0.4, 0.5) is 5.82 Å². The number of nitrogens with zero attached hydrogens (tertiary/aromatic N) is 4. The number of anilines is 1. The first kappa shape index (κ1) is 17.2. The molecule has 2 aromatic carbocycles. The fourth-order valence-corrected chi connectivity index (χ4v) is 2.66. The van der Waals surface area contributed by atoms with Crippen LogP contribution in [0.25, 0.3) is 5.69 Å². The Morgan fingerprint density at radius 1 is 1.19 bits per heavy atom. The van der Waals surface area contributed by atoms with Gasteiger partial charge < -0.3 is 10.6 Å². The van der Waals surface area contributed by atoms with E-state index in [0.29, 0.717) is 23.4 Å². The molecule has 0 fully saturated rings. The highest BCUT2D eigenvalue weighted by Crippen LogP contribution is 2.17. The fourth-order valence-electron chi connectivity index (χ4n) is 2.66. The lowest BCUT2D eigenvalue weighted by molar-refractivity contribution is 0.0796. The lowest BCUT2D eigenvalue weighted by Crippen LogP contribution is -2.28. The van der Waals surface area contributed by atoms with Crippen molar-refractivity contribution >= 4 is 11.7 Å². The number of hydrogen-bond acceptors (Lipinski definition) is 4. The summed E-state index contributed by atoms with van der Waals surface area (Å²) in [5.41, 5.74) is 8.71.